The summed E-state index contributed by atoms with van der Waals surface area (Å²) in [6.45, 7) is 0. The second-order valence-electron chi connectivity index (χ2n) is 2.78. The predicted molar refractivity (Wildman–Crippen MR) is 55.1 cm³/mol. The molecule has 0 N–H and O–H groups in total. The Labute approximate surface area is 83.5 Å². The molecule has 12 heavy (non-hydrogen) atoms. The molecule has 0 spiro atoms. The van der Waals surface area contributed by atoms with Gasteiger partial charge in [0.05, 0.1) is 0 Å². The monoisotopic (exact) mass is 202 g/mol. The summed E-state index contributed by atoms with van der Waals surface area (Å²) < 4.78 is 0. The van der Waals surface area contributed by atoms with E-state index < -0.39 is 0 Å². The van der Waals surface area contributed by atoms with Crippen molar-refractivity contribution in [1.29, 1.82) is 0 Å². The first-order valence-electron chi connectivity index (χ1n) is 4.07. The summed E-state index contributed by atoms with van der Waals surface area (Å²) in [4.78, 5) is 0. The summed E-state index contributed by atoms with van der Waals surface area (Å²) in [6.07, 6.45) is 1.97. The van der Waals surface area contributed by atoms with Gasteiger partial charge in [0, 0.05) is 11.3 Å². The molecular weight excluding hydrogens is 191 g/mol. The van der Waals surface area contributed by atoms with Gasteiger partial charge in [-0.05, 0) is 18.4 Å². The zero-order valence-corrected chi connectivity index (χ0v) is 8.35. The van der Waals surface area contributed by atoms with Crippen molar-refractivity contribution in [1.82, 2.24) is 0 Å². The Morgan fingerprint density at radius 1 is 1.17 bits per heavy atom. The Hall–Kier alpha value is -0.200. The predicted octanol–water partition coefficient (Wildman–Crippen LogP) is 3.47. The summed E-state index contributed by atoms with van der Waals surface area (Å²) in [5.74, 6) is 0.536. The lowest BCUT2D eigenvalue weighted by atomic mass is 10.1. The molecule has 0 aliphatic rings. The third-order valence-electron chi connectivity index (χ3n) is 1.76. The average molecular weight is 203 g/mol. The van der Waals surface area contributed by atoms with Crippen molar-refractivity contribution in [2.45, 2.75) is 18.2 Å². The molecule has 0 bridgehead atoms. The lowest BCUT2D eigenvalue weighted by molar-refractivity contribution is 0.808. The highest BCUT2D eigenvalue weighted by atomic mass is 35.5. The molecule has 0 saturated carbocycles. The van der Waals surface area contributed by atoms with Gasteiger partial charge in [-0.25, -0.2) is 0 Å². The van der Waals surface area contributed by atoms with Crippen LogP contribution in [-0.4, -0.2) is 11.3 Å². The minimum absolute atomic E-state index is 0.104. The Morgan fingerprint density at radius 2 is 1.83 bits per heavy atom. The van der Waals surface area contributed by atoms with Crippen LogP contribution in [0.2, 0.25) is 0 Å². The molecule has 66 valence electrons. The molecule has 1 aromatic rings. The molecule has 1 rings (SSSR count). The van der Waals surface area contributed by atoms with E-state index in [-0.39, 0.29) is 5.38 Å². The van der Waals surface area contributed by atoms with Gasteiger partial charge in [0.25, 0.3) is 0 Å². The fraction of sp³-hybridized carbons (Fsp3) is 0.400. The van der Waals surface area contributed by atoms with Crippen molar-refractivity contribution in [2.24, 2.45) is 0 Å². The van der Waals surface area contributed by atoms with Gasteiger partial charge in [-0.2, -0.15) is 0 Å². The van der Waals surface area contributed by atoms with Crippen LogP contribution in [0, 0.1) is 0 Å². The standard InChI is InChI=1S/C10H12Cl2/c11-8-10(12)7-6-9-4-2-1-3-5-9/h1-5,10H,6-8H2/t10-/m0/s1. The maximum atomic E-state index is 5.88. The van der Waals surface area contributed by atoms with Gasteiger partial charge in [-0.1, -0.05) is 30.3 Å². The van der Waals surface area contributed by atoms with Gasteiger partial charge in [0.15, 0.2) is 0 Å². The van der Waals surface area contributed by atoms with Crippen molar-refractivity contribution < 1.29 is 0 Å². The maximum Gasteiger partial charge on any atom is 0.0474 e. The van der Waals surface area contributed by atoms with Crippen LogP contribution in [0.1, 0.15) is 12.0 Å². The van der Waals surface area contributed by atoms with Crippen LogP contribution < -0.4 is 0 Å². The van der Waals surface area contributed by atoms with E-state index in [0.29, 0.717) is 5.88 Å². The van der Waals surface area contributed by atoms with Gasteiger partial charge in [0.1, 0.15) is 0 Å². The van der Waals surface area contributed by atoms with Crippen LogP contribution in [0.25, 0.3) is 0 Å². The van der Waals surface area contributed by atoms with E-state index in [0.717, 1.165) is 12.8 Å². The fourth-order valence-corrected chi connectivity index (χ4v) is 1.31. The molecule has 1 aromatic carbocycles. The Bertz CT molecular complexity index is 208. The molecule has 2 heteroatoms. The maximum absolute atomic E-state index is 5.88. The summed E-state index contributed by atoms with van der Waals surface area (Å²) in [6, 6.07) is 10.3. The highest BCUT2D eigenvalue weighted by molar-refractivity contribution is 6.28. The number of benzene rings is 1. The van der Waals surface area contributed by atoms with Crippen molar-refractivity contribution in [3.8, 4) is 0 Å². The summed E-state index contributed by atoms with van der Waals surface area (Å²) in [5.41, 5.74) is 1.33. The Kier molecular flexibility index (Phi) is 4.49. The van der Waals surface area contributed by atoms with E-state index >= 15 is 0 Å². The van der Waals surface area contributed by atoms with Crippen LogP contribution >= 0.6 is 23.2 Å². The molecule has 0 aliphatic heterocycles. The minimum atomic E-state index is 0.104. The van der Waals surface area contributed by atoms with Crippen LogP contribution in [-0.2, 0) is 6.42 Å². The normalized spacial score (nSPS) is 12.8. The first kappa shape index (κ1) is 9.88. The molecule has 1 atom stereocenters. The Balaban J connectivity index is 2.33. The van der Waals surface area contributed by atoms with E-state index in [1.54, 1.807) is 0 Å². The number of aryl methyl sites for hydroxylation is 1. The van der Waals surface area contributed by atoms with Crippen LogP contribution in [0.15, 0.2) is 30.3 Å². The van der Waals surface area contributed by atoms with Gasteiger partial charge < -0.3 is 0 Å². The number of hydrogen-bond acceptors (Lipinski definition) is 0. The quantitative estimate of drug-likeness (QED) is 0.657. The van der Waals surface area contributed by atoms with E-state index in [1.807, 2.05) is 18.2 Å². The molecule has 0 amide bonds. The van der Waals surface area contributed by atoms with Crippen LogP contribution in [0.5, 0.6) is 0 Å². The van der Waals surface area contributed by atoms with Gasteiger partial charge >= 0.3 is 0 Å². The SMILES string of the molecule is ClC[C@@H](Cl)CCc1ccccc1. The molecular formula is C10H12Cl2. The van der Waals surface area contributed by atoms with Crippen molar-refractivity contribution in [2.75, 3.05) is 5.88 Å². The number of rotatable bonds is 4. The van der Waals surface area contributed by atoms with Crippen molar-refractivity contribution >= 4 is 23.2 Å². The molecule has 0 heterocycles. The third kappa shape index (κ3) is 3.46. The van der Waals surface area contributed by atoms with E-state index in [9.17, 15) is 0 Å². The van der Waals surface area contributed by atoms with E-state index in [2.05, 4.69) is 12.1 Å². The van der Waals surface area contributed by atoms with Crippen molar-refractivity contribution in [3.05, 3.63) is 35.9 Å². The first-order valence-corrected chi connectivity index (χ1v) is 5.04. The molecule has 0 saturated heterocycles. The van der Waals surface area contributed by atoms with Crippen LogP contribution in [0.4, 0.5) is 0 Å². The highest BCUT2D eigenvalue weighted by Crippen LogP contribution is 2.09. The average Bonchev–Trinajstić information content (AvgIpc) is 2.16. The summed E-state index contributed by atoms with van der Waals surface area (Å²) in [5, 5.41) is 0.104. The summed E-state index contributed by atoms with van der Waals surface area (Å²) >= 11 is 11.5. The Morgan fingerprint density at radius 3 is 2.42 bits per heavy atom. The molecule has 0 radical (unpaired) electrons. The molecule has 0 fully saturated rings. The lowest BCUT2D eigenvalue weighted by Crippen LogP contribution is -2.01. The zero-order chi connectivity index (χ0) is 8.81. The first-order chi connectivity index (χ1) is 5.83. The summed E-state index contributed by atoms with van der Waals surface area (Å²) in [7, 11) is 0. The largest absolute Gasteiger partial charge is 0.125 e. The molecule has 0 aromatic heterocycles. The smallest absolute Gasteiger partial charge is 0.0474 e. The van der Waals surface area contributed by atoms with E-state index in [1.165, 1.54) is 5.56 Å². The van der Waals surface area contributed by atoms with Crippen molar-refractivity contribution in [3.63, 3.8) is 0 Å². The van der Waals surface area contributed by atoms with Gasteiger partial charge in [-0.15, -0.1) is 23.2 Å². The number of hydrogen-bond donors (Lipinski definition) is 0. The number of halogens is 2. The third-order valence-corrected chi connectivity index (χ3v) is 2.66. The van der Waals surface area contributed by atoms with Gasteiger partial charge in [0.2, 0.25) is 0 Å². The second-order valence-corrected chi connectivity index (χ2v) is 3.70. The fourth-order valence-electron chi connectivity index (χ4n) is 1.05. The van der Waals surface area contributed by atoms with Crippen LogP contribution in [0.3, 0.4) is 0 Å². The highest BCUT2D eigenvalue weighted by Gasteiger charge is 2.01. The minimum Gasteiger partial charge on any atom is -0.125 e. The zero-order valence-electron chi connectivity index (χ0n) is 6.84. The molecule has 0 unspecified atom stereocenters. The lowest BCUT2D eigenvalue weighted by Gasteiger charge is -2.04. The molecule has 0 nitrogen and oxygen atoms in total. The van der Waals surface area contributed by atoms with E-state index in [4.69, 9.17) is 23.2 Å². The number of alkyl halides is 2. The molecule has 0 aliphatic carbocycles. The second kappa shape index (κ2) is 5.45. The van der Waals surface area contributed by atoms with Gasteiger partial charge in [-0.3, -0.25) is 0 Å². The topological polar surface area (TPSA) is 0 Å².